The maximum absolute atomic E-state index is 14.1. The summed E-state index contributed by atoms with van der Waals surface area (Å²) in [6.45, 7) is 0.173. The molecule has 1 heterocycles. The Balaban J connectivity index is 2.31. The van der Waals surface area contributed by atoms with Crippen LogP contribution in [0.2, 0.25) is 10.0 Å². The quantitative estimate of drug-likeness (QED) is 0.848. The summed E-state index contributed by atoms with van der Waals surface area (Å²) in [6.07, 6.45) is 0. The minimum Gasteiger partial charge on any atom is -0.386 e. The molecule has 0 aromatic heterocycles. The molecule has 0 amide bonds. The monoisotopic (exact) mass is 321 g/mol. The van der Waals surface area contributed by atoms with Gasteiger partial charge in [-0.1, -0.05) is 35.3 Å². The number of hydrogen-bond acceptors (Lipinski definition) is 3. The highest BCUT2D eigenvalue weighted by molar-refractivity contribution is 6.45. The Kier molecular flexibility index (Phi) is 3.66. The van der Waals surface area contributed by atoms with Crippen LogP contribution in [0.4, 0.5) is 10.1 Å². The molecule has 1 aliphatic rings. The van der Waals surface area contributed by atoms with Gasteiger partial charge in [-0.25, -0.2) is 9.38 Å². The van der Waals surface area contributed by atoms with Crippen LogP contribution in [0.25, 0.3) is 0 Å². The zero-order valence-corrected chi connectivity index (χ0v) is 12.3. The number of amidine groups is 1. The minimum atomic E-state index is -0.390. The summed E-state index contributed by atoms with van der Waals surface area (Å²) >= 11 is 12.4. The van der Waals surface area contributed by atoms with Gasteiger partial charge in [0.1, 0.15) is 11.7 Å². The normalized spacial score (nSPS) is 14.0. The summed E-state index contributed by atoms with van der Waals surface area (Å²) in [5.41, 5.74) is 7.56. The van der Waals surface area contributed by atoms with Crippen molar-refractivity contribution < 1.29 is 4.39 Å². The van der Waals surface area contributed by atoms with Crippen molar-refractivity contribution in [2.45, 2.75) is 0 Å². The first-order valence-corrected chi connectivity index (χ1v) is 6.94. The zero-order chi connectivity index (χ0) is 15.0. The summed E-state index contributed by atoms with van der Waals surface area (Å²) in [7, 11) is 0. The maximum atomic E-state index is 14.1. The number of nitrogens with zero attached hydrogens (tertiary/aromatic N) is 2. The van der Waals surface area contributed by atoms with E-state index >= 15 is 0 Å². The van der Waals surface area contributed by atoms with Gasteiger partial charge < -0.3 is 5.73 Å². The van der Waals surface area contributed by atoms with E-state index in [2.05, 4.69) is 9.98 Å². The van der Waals surface area contributed by atoms with Crippen molar-refractivity contribution in [3.05, 3.63) is 63.4 Å². The van der Waals surface area contributed by atoms with Crippen LogP contribution in [-0.2, 0) is 0 Å². The highest BCUT2D eigenvalue weighted by Crippen LogP contribution is 2.36. The fourth-order valence-electron chi connectivity index (χ4n) is 2.16. The second-order valence-electron chi connectivity index (χ2n) is 4.50. The van der Waals surface area contributed by atoms with Crippen molar-refractivity contribution in [2.24, 2.45) is 15.7 Å². The largest absolute Gasteiger partial charge is 0.386 e. The van der Waals surface area contributed by atoms with Crippen molar-refractivity contribution in [3.8, 4) is 0 Å². The molecule has 3 rings (SSSR count). The average molecular weight is 322 g/mol. The highest BCUT2D eigenvalue weighted by atomic mass is 35.5. The molecule has 0 bridgehead atoms. The maximum Gasteiger partial charge on any atom is 0.132 e. The molecule has 1 aliphatic heterocycles. The molecule has 0 unspecified atom stereocenters. The number of halogens is 3. The second-order valence-corrected chi connectivity index (χ2v) is 5.29. The first-order chi connectivity index (χ1) is 10.1. The molecule has 2 N–H and O–H groups in total. The molecule has 0 spiro atoms. The Labute approximate surface area is 130 Å². The van der Waals surface area contributed by atoms with Gasteiger partial charge in [-0.2, -0.15) is 0 Å². The van der Waals surface area contributed by atoms with E-state index in [0.29, 0.717) is 33.4 Å². The smallest absolute Gasteiger partial charge is 0.132 e. The third-order valence-electron chi connectivity index (χ3n) is 3.10. The molecule has 6 heteroatoms. The third-order valence-corrected chi connectivity index (χ3v) is 3.91. The Bertz CT molecular complexity index is 784. The third kappa shape index (κ3) is 2.52. The number of rotatable bonds is 1. The summed E-state index contributed by atoms with van der Waals surface area (Å²) in [5, 5.41) is 0.643. The van der Waals surface area contributed by atoms with Gasteiger partial charge in [-0.3, -0.25) is 4.99 Å². The fraction of sp³-hybridized carbons (Fsp3) is 0.0667. The van der Waals surface area contributed by atoms with E-state index in [1.807, 2.05) is 0 Å². The highest BCUT2D eigenvalue weighted by Gasteiger charge is 2.22. The van der Waals surface area contributed by atoms with Crippen LogP contribution in [0.1, 0.15) is 11.1 Å². The van der Waals surface area contributed by atoms with E-state index in [-0.39, 0.29) is 11.6 Å². The Morgan fingerprint density at radius 3 is 2.62 bits per heavy atom. The van der Waals surface area contributed by atoms with Crippen molar-refractivity contribution in [1.82, 2.24) is 0 Å². The Morgan fingerprint density at radius 2 is 1.86 bits per heavy atom. The molecule has 0 radical (unpaired) electrons. The summed E-state index contributed by atoms with van der Waals surface area (Å²) in [6, 6.07) is 9.67. The molecular formula is C15H10Cl2FN3. The van der Waals surface area contributed by atoms with Gasteiger partial charge in [-0.05, 0) is 24.3 Å². The van der Waals surface area contributed by atoms with E-state index in [9.17, 15) is 4.39 Å². The molecule has 0 fully saturated rings. The summed E-state index contributed by atoms with van der Waals surface area (Å²) in [5.74, 6) is -0.0558. The molecule has 0 atom stereocenters. The van der Waals surface area contributed by atoms with Crippen LogP contribution in [0.3, 0.4) is 0 Å². The SMILES string of the molecule is NC1=Nc2ccc(Cl)c(Cl)c2C(c2ccccc2F)=NC1. The number of nitrogens with two attached hydrogens (primary N) is 1. The van der Waals surface area contributed by atoms with Gasteiger partial charge in [0.25, 0.3) is 0 Å². The van der Waals surface area contributed by atoms with E-state index in [4.69, 9.17) is 28.9 Å². The van der Waals surface area contributed by atoms with Crippen LogP contribution in [0.15, 0.2) is 46.4 Å². The minimum absolute atomic E-state index is 0.173. The Hall–Kier alpha value is -1.91. The van der Waals surface area contributed by atoms with Gasteiger partial charge in [0, 0.05) is 11.1 Å². The zero-order valence-electron chi connectivity index (χ0n) is 10.8. The van der Waals surface area contributed by atoms with Crippen LogP contribution >= 0.6 is 23.2 Å². The molecule has 0 saturated heterocycles. The van der Waals surface area contributed by atoms with Gasteiger partial charge >= 0.3 is 0 Å². The first kappa shape index (κ1) is 14.0. The number of fused-ring (bicyclic) bond motifs is 1. The van der Waals surface area contributed by atoms with E-state index in [0.717, 1.165) is 0 Å². The topological polar surface area (TPSA) is 50.7 Å². The molecule has 2 aromatic rings. The van der Waals surface area contributed by atoms with Crippen LogP contribution in [-0.4, -0.2) is 18.1 Å². The fourth-order valence-corrected chi connectivity index (χ4v) is 2.57. The van der Waals surface area contributed by atoms with Crippen LogP contribution < -0.4 is 5.73 Å². The number of aliphatic imine (C=N–C) groups is 2. The summed E-state index contributed by atoms with van der Waals surface area (Å²) in [4.78, 5) is 8.62. The lowest BCUT2D eigenvalue weighted by Crippen LogP contribution is -2.15. The van der Waals surface area contributed by atoms with Gasteiger partial charge in [-0.15, -0.1) is 0 Å². The molecule has 106 valence electrons. The number of benzene rings is 2. The molecule has 3 nitrogen and oxygen atoms in total. The van der Waals surface area contributed by atoms with E-state index < -0.39 is 5.82 Å². The average Bonchev–Trinajstić information content (AvgIpc) is 2.63. The van der Waals surface area contributed by atoms with Crippen LogP contribution in [0.5, 0.6) is 0 Å². The number of hydrogen-bond donors (Lipinski definition) is 1. The van der Waals surface area contributed by atoms with E-state index in [1.165, 1.54) is 6.07 Å². The molecule has 0 aliphatic carbocycles. The lowest BCUT2D eigenvalue weighted by atomic mass is 10.00. The predicted molar refractivity (Wildman–Crippen MR) is 84.7 cm³/mol. The lowest BCUT2D eigenvalue weighted by Gasteiger charge is -2.12. The van der Waals surface area contributed by atoms with Gasteiger partial charge in [0.15, 0.2) is 0 Å². The standard InChI is InChI=1S/C15H10Cl2FN3/c16-9-5-6-11-13(14(9)17)15(20-7-12(19)21-11)8-3-1-2-4-10(8)18/h1-6H,7H2,(H2,19,21). The molecular weight excluding hydrogens is 312 g/mol. The Morgan fingerprint density at radius 1 is 1.10 bits per heavy atom. The van der Waals surface area contributed by atoms with Crippen molar-refractivity contribution in [1.29, 1.82) is 0 Å². The first-order valence-electron chi connectivity index (χ1n) is 6.18. The van der Waals surface area contributed by atoms with Gasteiger partial charge in [0.2, 0.25) is 0 Å². The summed E-state index contributed by atoms with van der Waals surface area (Å²) < 4.78 is 14.1. The second kappa shape index (κ2) is 5.47. The predicted octanol–water partition coefficient (Wildman–Crippen LogP) is 3.97. The van der Waals surface area contributed by atoms with Gasteiger partial charge in [0.05, 0.1) is 28.0 Å². The van der Waals surface area contributed by atoms with Crippen LogP contribution in [0, 0.1) is 5.82 Å². The van der Waals surface area contributed by atoms with Crippen molar-refractivity contribution in [3.63, 3.8) is 0 Å². The lowest BCUT2D eigenvalue weighted by molar-refractivity contribution is 0.625. The van der Waals surface area contributed by atoms with Crippen molar-refractivity contribution >= 4 is 40.4 Å². The molecule has 2 aromatic carbocycles. The molecule has 21 heavy (non-hydrogen) atoms. The molecule has 0 saturated carbocycles. The van der Waals surface area contributed by atoms with Crippen molar-refractivity contribution in [2.75, 3.05) is 6.54 Å². The van der Waals surface area contributed by atoms with E-state index in [1.54, 1.807) is 30.3 Å².